The molecule has 4 rings (SSSR count). The van der Waals surface area contributed by atoms with Crippen LogP contribution in [0, 0.1) is 13.8 Å². The molecule has 1 aromatic rings. The summed E-state index contributed by atoms with van der Waals surface area (Å²) in [6, 6.07) is 6.52. The van der Waals surface area contributed by atoms with Crippen LogP contribution in [0.25, 0.3) is 0 Å². The van der Waals surface area contributed by atoms with Gasteiger partial charge in [0.2, 0.25) is 5.91 Å². The molecule has 1 aliphatic carbocycles. The number of para-hydroxylation sites is 1. The first-order valence-electron chi connectivity index (χ1n) is 10.5. The van der Waals surface area contributed by atoms with Crippen LogP contribution in [0.15, 0.2) is 18.2 Å². The van der Waals surface area contributed by atoms with Gasteiger partial charge in [0.05, 0.1) is 18.5 Å². The number of hydrogen-bond acceptors (Lipinski definition) is 4. The summed E-state index contributed by atoms with van der Waals surface area (Å²) >= 11 is 0. The van der Waals surface area contributed by atoms with Gasteiger partial charge in [-0.3, -0.25) is 19.5 Å². The second-order valence-electron chi connectivity index (χ2n) is 8.80. The molecule has 2 saturated heterocycles. The van der Waals surface area contributed by atoms with Crippen molar-refractivity contribution in [3.05, 3.63) is 29.3 Å². The van der Waals surface area contributed by atoms with E-state index in [9.17, 15) is 9.90 Å². The average molecular weight is 372 g/mol. The van der Waals surface area contributed by atoms with Crippen LogP contribution < -0.4 is 4.90 Å². The summed E-state index contributed by atoms with van der Waals surface area (Å²) < 4.78 is 0. The monoisotopic (exact) mass is 371 g/mol. The molecule has 5 heteroatoms. The van der Waals surface area contributed by atoms with Gasteiger partial charge in [0.15, 0.2) is 0 Å². The summed E-state index contributed by atoms with van der Waals surface area (Å²) in [7, 11) is 2.09. The van der Waals surface area contributed by atoms with E-state index in [-0.39, 0.29) is 23.6 Å². The van der Waals surface area contributed by atoms with E-state index in [1.165, 1.54) is 6.42 Å². The summed E-state index contributed by atoms with van der Waals surface area (Å²) in [6.07, 6.45) is 5.87. The van der Waals surface area contributed by atoms with Crippen LogP contribution >= 0.6 is 0 Å². The maximum atomic E-state index is 13.6. The fraction of sp³-hybridized carbons (Fsp3) is 0.682. The normalized spacial score (nSPS) is 29.6. The van der Waals surface area contributed by atoms with Crippen molar-refractivity contribution in [3.8, 4) is 0 Å². The van der Waals surface area contributed by atoms with Crippen LogP contribution in [-0.4, -0.2) is 65.3 Å². The Balaban J connectivity index is 1.52. The van der Waals surface area contributed by atoms with Gasteiger partial charge in [-0.25, -0.2) is 0 Å². The Hall–Kier alpha value is -1.43. The number of anilines is 1. The second kappa shape index (κ2) is 7.19. The fourth-order valence-electron chi connectivity index (χ4n) is 5.57. The van der Waals surface area contributed by atoms with E-state index in [1.54, 1.807) is 0 Å². The van der Waals surface area contributed by atoms with E-state index in [1.807, 2.05) is 4.90 Å². The minimum absolute atomic E-state index is 0.198. The molecule has 148 valence electrons. The molecule has 5 nitrogen and oxygen atoms in total. The Bertz CT molecular complexity index is 691. The highest BCUT2D eigenvalue weighted by molar-refractivity contribution is 6.03. The SMILES string of the molecule is Cc1cccc(C)c1N1CN(C)C2(CCN([C@@H]3CCCC[C@H]3O)CC2)C1=O. The molecule has 2 atom stereocenters. The molecule has 1 saturated carbocycles. The van der Waals surface area contributed by atoms with Gasteiger partial charge >= 0.3 is 0 Å². The summed E-state index contributed by atoms with van der Waals surface area (Å²) in [4.78, 5) is 20.3. The third-order valence-corrected chi connectivity index (χ3v) is 7.23. The number of likely N-dealkylation sites (tertiary alicyclic amines) is 1. The first-order valence-corrected chi connectivity index (χ1v) is 10.5. The van der Waals surface area contributed by atoms with Crippen molar-refractivity contribution in [1.29, 1.82) is 0 Å². The number of hydrogen-bond donors (Lipinski definition) is 1. The van der Waals surface area contributed by atoms with Crippen LogP contribution in [0.2, 0.25) is 0 Å². The van der Waals surface area contributed by atoms with E-state index in [0.717, 1.165) is 62.0 Å². The zero-order valence-electron chi connectivity index (χ0n) is 16.9. The van der Waals surface area contributed by atoms with Crippen molar-refractivity contribution in [2.75, 3.05) is 31.7 Å². The Morgan fingerprint density at radius 1 is 1.07 bits per heavy atom. The Morgan fingerprint density at radius 3 is 2.33 bits per heavy atom. The lowest BCUT2D eigenvalue weighted by molar-refractivity contribution is -0.128. The highest BCUT2D eigenvalue weighted by Crippen LogP contribution is 2.40. The number of aliphatic hydroxyl groups excluding tert-OH is 1. The maximum absolute atomic E-state index is 13.6. The number of aliphatic hydroxyl groups is 1. The van der Waals surface area contributed by atoms with Crippen LogP contribution in [0.3, 0.4) is 0 Å². The largest absolute Gasteiger partial charge is 0.391 e. The standard InChI is InChI=1S/C22H33N3O2/c1-16-7-6-8-17(2)20(16)25-15-23(3)22(21(25)27)11-13-24(14-12-22)18-9-4-5-10-19(18)26/h6-8,18-19,26H,4-5,9-15H2,1-3H3/t18-,19-/m1/s1. The van der Waals surface area contributed by atoms with Gasteiger partial charge < -0.3 is 5.11 Å². The van der Waals surface area contributed by atoms with Crippen LogP contribution in [0.5, 0.6) is 0 Å². The predicted octanol–water partition coefficient (Wildman–Crippen LogP) is 2.68. The smallest absolute Gasteiger partial charge is 0.248 e. The van der Waals surface area contributed by atoms with Gasteiger partial charge in [-0.15, -0.1) is 0 Å². The van der Waals surface area contributed by atoms with Gasteiger partial charge in [0.25, 0.3) is 0 Å². The summed E-state index contributed by atoms with van der Waals surface area (Å²) in [5, 5.41) is 10.4. The zero-order valence-corrected chi connectivity index (χ0v) is 16.9. The number of likely N-dealkylation sites (N-methyl/N-ethyl adjacent to an activating group) is 1. The van der Waals surface area contributed by atoms with Gasteiger partial charge in [-0.05, 0) is 57.7 Å². The van der Waals surface area contributed by atoms with Crippen molar-refractivity contribution in [2.45, 2.75) is 70.1 Å². The Kier molecular flexibility index (Phi) is 5.04. The molecule has 1 N–H and O–H groups in total. The van der Waals surface area contributed by atoms with Crippen molar-refractivity contribution < 1.29 is 9.90 Å². The molecule has 2 heterocycles. The van der Waals surface area contributed by atoms with Crippen molar-refractivity contribution in [1.82, 2.24) is 9.80 Å². The lowest BCUT2D eigenvalue weighted by atomic mass is 9.83. The molecular formula is C22H33N3O2. The molecule has 3 aliphatic rings. The molecule has 0 bridgehead atoms. The number of aryl methyl sites for hydroxylation is 2. The highest BCUT2D eigenvalue weighted by atomic mass is 16.3. The van der Waals surface area contributed by atoms with Gasteiger partial charge in [-0.1, -0.05) is 31.0 Å². The minimum atomic E-state index is -0.384. The average Bonchev–Trinajstić information content (AvgIpc) is 2.88. The Morgan fingerprint density at radius 2 is 1.70 bits per heavy atom. The number of benzene rings is 1. The molecule has 1 aromatic carbocycles. The van der Waals surface area contributed by atoms with Crippen molar-refractivity contribution in [2.24, 2.45) is 0 Å². The second-order valence-corrected chi connectivity index (χ2v) is 8.80. The van der Waals surface area contributed by atoms with E-state index in [4.69, 9.17) is 0 Å². The van der Waals surface area contributed by atoms with Crippen LogP contribution in [0.4, 0.5) is 5.69 Å². The van der Waals surface area contributed by atoms with Crippen molar-refractivity contribution >= 4 is 11.6 Å². The fourth-order valence-corrected chi connectivity index (χ4v) is 5.57. The first-order chi connectivity index (χ1) is 12.9. The molecule has 2 aliphatic heterocycles. The third-order valence-electron chi connectivity index (χ3n) is 7.23. The number of piperidine rings is 1. The topological polar surface area (TPSA) is 47.0 Å². The van der Waals surface area contributed by atoms with E-state index in [0.29, 0.717) is 6.67 Å². The molecule has 1 amide bonds. The Labute approximate surface area is 162 Å². The number of rotatable bonds is 2. The van der Waals surface area contributed by atoms with Gasteiger partial charge in [-0.2, -0.15) is 0 Å². The summed E-state index contributed by atoms with van der Waals surface area (Å²) in [5.41, 5.74) is 3.02. The quantitative estimate of drug-likeness (QED) is 0.868. The molecule has 0 aromatic heterocycles. The molecule has 0 unspecified atom stereocenters. The number of amides is 1. The lowest BCUT2D eigenvalue weighted by Crippen LogP contribution is -2.58. The van der Waals surface area contributed by atoms with Crippen LogP contribution in [-0.2, 0) is 4.79 Å². The molecule has 0 radical (unpaired) electrons. The first kappa shape index (κ1) is 18.9. The highest BCUT2D eigenvalue weighted by Gasteiger charge is 2.53. The van der Waals surface area contributed by atoms with Crippen LogP contribution in [0.1, 0.15) is 49.7 Å². The summed E-state index contributed by atoms with van der Waals surface area (Å²) in [6.45, 7) is 6.65. The lowest BCUT2D eigenvalue weighted by Gasteiger charge is -2.46. The molecule has 27 heavy (non-hydrogen) atoms. The van der Waals surface area contributed by atoms with E-state index in [2.05, 4.69) is 48.9 Å². The maximum Gasteiger partial charge on any atom is 0.248 e. The number of carbonyl (C=O) groups is 1. The zero-order chi connectivity index (χ0) is 19.2. The molecule has 1 spiro atoms. The van der Waals surface area contributed by atoms with E-state index < -0.39 is 0 Å². The third kappa shape index (κ3) is 3.10. The van der Waals surface area contributed by atoms with Gasteiger partial charge in [0, 0.05) is 19.1 Å². The van der Waals surface area contributed by atoms with Gasteiger partial charge in [0.1, 0.15) is 5.54 Å². The number of nitrogens with zero attached hydrogens (tertiary/aromatic N) is 3. The van der Waals surface area contributed by atoms with Crippen molar-refractivity contribution in [3.63, 3.8) is 0 Å². The molecular weight excluding hydrogens is 338 g/mol. The predicted molar refractivity (Wildman–Crippen MR) is 108 cm³/mol. The van der Waals surface area contributed by atoms with E-state index >= 15 is 0 Å². The molecule has 3 fully saturated rings. The minimum Gasteiger partial charge on any atom is -0.391 e. The number of carbonyl (C=O) groups excluding carboxylic acids is 1. The summed E-state index contributed by atoms with van der Waals surface area (Å²) in [5.74, 6) is 0.256.